The van der Waals surface area contributed by atoms with Crippen LogP contribution < -0.4 is 10.6 Å². The van der Waals surface area contributed by atoms with Gasteiger partial charge < -0.3 is 20.1 Å². The molecule has 0 fully saturated rings. The molecule has 140 valence electrons. The number of nitrogens with one attached hydrogen (secondary N) is 3. The lowest BCUT2D eigenvalue weighted by molar-refractivity contribution is 0.379. The molecule has 0 aliphatic rings. The number of benzene rings is 1. The molecular weight excluding hydrogens is 441 g/mol. The number of aromatic amines is 1. The van der Waals surface area contributed by atoms with Crippen LogP contribution in [0.15, 0.2) is 46.0 Å². The van der Waals surface area contributed by atoms with Gasteiger partial charge >= 0.3 is 0 Å². The molecule has 0 amide bonds. The Morgan fingerprint density at radius 2 is 2.08 bits per heavy atom. The molecule has 3 N–H and O–H groups in total. The van der Waals surface area contributed by atoms with E-state index >= 15 is 0 Å². The van der Waals surface area contributed by atoms with Crippen molar-refractivity contribution in [1.29, 1.82) is 0 Å². The van der Waals surface area contributed by atoms with Crippen molar-refractivity contribution in [2.24, 2.45) is 4.99 Å². The van der Waals surface area contributed by atoms with Crippen LogP contribution in [0.1, 0.15) is 30.9 Å². The highest BCUT2D eigenvalue weighted by atomic mass is 127. The van der Waals surface area contributed by atoms with E-state index in [0.717, 1.165) is 43.3 Å². The molecule has 7 heteroatoms. The minimum atomic E-state index is 0. The fraction of sp³-hybridized carbons (Fsp3) is 0.368. The number of fused-ring (bicyclic) bond motifs is 1. The lowest BCUT2D eigenvalue weighted by Gasteiger charge is -2.10. The summed E-state index contributed by atoms with van der Waals surface area (Å²) in [6, 6.07) is 10.3. The van der Waals surface area contributed by atoms with Crippen LogP contribution in [0.5, 0.6) is 0 Å². The Kier molecular flexibility index (Phi) is 7.96. The van der Waals surface area contributed by atoms with Gasteiger partial charge in [0.2, 0.25) is 0 Å². The summed E-state index contributed by atoms with van der Waals surface area (Å²) in [7, 11) is 0. The average molecular weight is 467 g/mol. The molecule has 6 nitrogen and oxygen atoms in total. The molecule has 0 bridgehead atoms. The molecule has 0 atom stereocenters. The van der Waals surface area contributed by atoms with E-state index in [1.807, 2.05) is 12.1 Å². The fourth-order valence-electron chi connectivity index (χ4n) is 2.75. The number of halogens is 1. The molecule has 26 heavy (non-hydrogen) atoms. The summed E-state index contributed by atoms with van der Waals surface area (Å²) in [5.41, 5.74) is 3.44. The molecule has 0 unspecified atom stereocenters. The Labute approximate surface area is 170 Å². The highest BCUT2D eigenvalue weighted by Gasteiger charge is 2.05. The van der Waals surface area contributed by atoms with Gasteiger partial charge in [-0.2, -0.15) is 0 Å². The largest absolute Gasteiger partial charge is 0.361 e. The number of hydrogen-bond donors (Lipinski definition) is 3. The summed E-state index contributed by atoms with van der Waals surface area (Å²) in [5.74, 6) is 1.57. The van der Waals surface area contributed by atoms with Crippen molar-refractivity contribution in [3.05, 3.63) is 53.5 Å². The second-order valence-corrected chi connectivity index (χ2v) is 5.87. The maximum atomic E-state index is 5.28. The third-order valence-corrected chi connectivity index (χ3v) is 4.07. The highest BCUT2D eigenvalue weighted by molar-refractivity contribution is 14.0. The number of rotatable bonds is 7. The van der Waals surface area contributed by atoms with E-state index in [1.54, 1.807) is 0 Å². The van der Waals surface area contributed by atoms with Crippen LogP contribution in [0.25, 0.3) is 10.9 Å². The zero-order valence-electron chi connectivity index (χ0n) is 15.2. The van der Waals surface area contributed by atoms with E-state index in [9.17, 15) is 0 Å². The lowest BCUT2D eigenvalue weighted by Crippen LogP contribution is -2.38. The van der Waals surface area contributed by atoms with E-state index < -0.39 is 0 Å². The first-order chi connectivity index (χ1) is 12.3. The average Bonchev–Trinajstić information content (AvgIpc) is 3.26. The van der Waals surface area contributed by atoms with Gasteiger partial charge in [0.1, 0.15) is 6.54 Å². The van der Waals surface area contributed by atoms with Crippen LogP contribution in [0, 0.1) is 0 Å². The number of guanidine groups is 1. The topological polar surface area (TPSA) is 78.2 Å². The van der Waals surface area contributed by atoms with Crippen LogP contribution in [0.4, 0.5) is 0 Å². The first kappa shape index (κ1) is 20.3. The molecule has 0 saturated heterocycles. The predicted octanol–water partition coefficient (Wildman–Crippen LogP) is 3.63. The summed E-state index contributed by atoms with van der Waals surface area (Å²) < 4.78 is 5.28. The van der Waals surface area contributed by atoms with Gasteiger partial charge in [-0.3, -0.25) is 0 Å². The lowest BCUT2D eigenvalue weighted by atomic mass is 10.1. The maximum Gasteiger partial charge on any atom is 0.191 e. The van der Waals surface area contributed by atoms with Crippen molar-refractivity contribution >= 4 is 40.8 Å². The van der Waals surface area contributed by atoms with Gasteiger partial charge in [-0.15, -0.1) is 24.0 Å². The van der Waals surface area contributed by atoms with Crippen LogP contribution in [0.3, 0.4) is 0 Å². The molecule has 1 aromatic carbocycles. The van der Waals surface area contributed by atoms with Crippen molar-refractivity contribution < 1.29 is 4.52 Å². The van der Waals surface area contributed by atoms with Crippen molar-refractivity contribution in [2.75, 3.05) is 13.1 Å². The van der Waals surface area contributed by atoms with Gasteiger partial charge in [-0.25, -0.2) is 4.99 Å². The van der Waals surface area contributed by atoms with Gasteiger partial charge in [0.05, 0.1) is 5.69 Å². The summed E-state index contributed by atoms with van der Waals surface area (Å²) in [5, 5.41) is 11.9. The number of aromatic nitrogens is 2. The molecule has 3 aromatic rings. The van der Waals surface area contributed by atoms with Gasteiger partial charge in [-0.1, -0.05) is 30.3 Å². The third kappa shape index (κ3) is 5.23. The van der Waals surface area contributed by atoms with Crippen molar-refractivity contribution in [3.8, 4) is 0 Å². The first-order valence-electron chi connectivity index (χ1n) is 8.81. The number of hydrogen-bond acceptors (Lipinski definition) is 3. The number of H-pyrrole nitrogens is 1. The van der Waals surface area contributed by atoms with Gasteiger partial charge in [0.15, 0.2) is 11.7 Å². The van der Waals surface area contributed by atoms with Gasteiger partial charge in [0.25, 0.3) is 0 Å². The normalized spacial score (nSPS) is 11.4. The Hall–Kier alpha value is -2.03. The van der Waals surface area contributed by atoms with Crippen molar-refractivity contribution in [1.82, 2.24) is 20.8 Å². The molecule has 0 radical (unpaired) electrons. The van der Waals surface area contributed by atoms with E-state index in [-0.39, 0.29) is 24.0 Å². The number of para-hydroxylation sites is 1. The Morgan fingerprint density at radius 1 is 1.23 bits per heavy atom. The molecule has 0 spiro atoms. The van der Waals surface area contributed by atoms with Crippen LogP contribution >= 0.6 is 24.0 Å². The molecule has 0 aliphatic carbocycles. The SMILES string of the molecule is CCNC(=NCc1cc(CC)no1)NCCc1c[nH]c2ccccc12.I. The third-order valence-electron chi connectivity index (χ3n) is 4.07. The minimum absolute atomic E-state index is 0. The Bertz CT molecular complexity index is 839. The monoisotopic (exact) mass is 467 g/mol. The fourth-order valence-corrected chi connectivity index (χ4v) is 2.75. The van der Waals surface area contributed by atoms with Gasteiger partial charge in [0, 0.05) is 36.3 Å². The first-order valence-corrected chi connectivity index (χ1v) is 8.81. The highest BCUT2D eigenvalue weighted by Crippen LogP contribution is 2.17. The van der Waals surface area contributed by atoms with Gasteiger partial charge in [-0.05, 0) is 31.4 Å². The van der Waals surface area contributed by atoms with E-state index in [0.29, 0.717) is 6.54 Å². The summed E-state index contributed by atoms with van der Waals surface area (Å²) >= 11 is 0. The Morgan fingerprint density at radius 3 is 2.85 bits per heavy atom. The maximum absolute atomic E-state index is 5.28. The van der Waals surface area contributed by atoms with Crippen LogP contribution in [-0.4, -0.2) is 29.2 Å². The van der Waals surface area contributed by atoms with E-state index in [2.05, 4.69) is 64.0 Å². The summed E-state index contributed by atoms with van der Waals surface area (Å²) in [6.45, 7) is 6.22. The van der Waals surface area contributed by atoms with Crippen molar-refractivity contribution in [2.45, 2.75) is 33.2 Å². The smallest absolute Gasteiger partial charge is 0.191 e. The molecule has 2 heterocycles. The van der Waals surface area contributed by atoms with E-state index in [1.165, 1.54) is 16.5 Å². The Balaban J connectivity index is 0.00000243. The molecule has 2 aromatic heterocycles. The number of nitrogens with zero attached hydrogens (tertiary/aromatic N) is 2. The quantitative estimate of drug-likeness (QED) is 0.282. The number of aliphatic imine (C=N–C) groups is 1. The molecular formula is C19H26IN5O. The van der Waals surface area contributed by atoms with Crippen LogP contribution in [-0.2, 0) is 19.4 Å². The number of aryl methyl sites for hydroxylation is 1. The molecule has 0 saturated carbocycles. The standard InChI is InChI=1S/C19H25N5O.HI/c1-3-15-11-16(25-24-15)13-23-19(20-4-2)21-10-9-14-12-22-18-8-6-5-7-17(14)18;/h5-8,11-12,22H,3-4,9-10,13H2,1-2H3,(H2,20,21,23);1H. The van der Waals surface area contributed by atoms with E-state index in [4.69, 9.17) is 4.52 Å². The minimum Gasteiger partial charge on any atom is -0.361 e. The second-order valence-electron chi connectivity index (χ2n) is 5.87. The molecule has 3 rings (SSSR count). The predicted molar refractivity (Wildman–Crippen MR) is 116 cm³/mol. The van der Waals surface area contributed by atoms with Crippen molar-refractivity contribution in [3.63, 3.8) is 0 Å². The molecule has 0 aliphatic heterocycles. The second kappa shape index (κ2) is 10.2. The summed E-state index contributed by atoms with van der Waals surface area (Å²) in [6.07, 6.45) is 3.88. The zero-order chi connectivity index (χ0) is 17.5. The zero-order valence-corrected chi connectivity index (χ0v) is 17.5. The summed E-state index contributed by atoms with van der Waals surface area (Å²) in [4.78, 5) is 7.88. The van der Waals surface area contributed by atoms with Crippen LogP contribution in [0.2, 0.25) is 0 Å².